The summed E-state index contributed by atoms with van der Waals surface area (Å²) < 4.78 is 0. The van der Waals surface area contributed by atoms with Crippen molar-refractivity contribution in [3.8, 4) is 0 Å². The number of rotatable bonds is 8. The Morgan fingerprint density at radius 3 is 2.30 bits per heavy atom. The lowest BCUT2D eigenvalue weighted by Crippen LogP contribution is -2.37. The summed E-state index contributed by atoms with van der Waals surface area (Å²) >= 11 is 0. The van der Waals surface area contributed by atoms with Crippen LogP contribution >= 0.6 is 0 Å². The van der Waals surface area contributed by atoms with Crippen LogP contribution in [0.5, 0.6) is 0 Å². The van der Waals surface area contributed by atoms with E-state index in [4.69, 9.17) is 0 Å². The van der Waals surface area contributed by atoms with Gasteiger partial charge in [0.25, 0.3) is 0 Å². The highest BCUT2D eigenvalue weighted by Gasteiger charge is 2.10. The van der Waals surface area contributed by atoms with Crippen molar-refractivity contribution < 1.29 is 4.79 Å². The quantitative estimate of drug-likeness (QED) is 0.766. The number of carbonyl (C=O) groups excluding carboxylic acids is 1. The number of amides is 1. The fourth-order valence-corrected chi connectivity index (χ4v) is 2.08. The van der Waals surface area contributed by atoms with Crippen LogP contribution in [0.3, 0.4) is 0 Å². The van der Waals surface area contributed by atoms with Crippen LogP contribution in [-0.2, 0) is 11.2 Å². The Kier molecular flexibility index (Phi) is 7.31. The largest absolute Gasteiger partial charge is 0.355 e. The molecule has 0 aromatic heterocycles. The van der Waals surface area contributed by atoms with Gasteiger partial charge in [0.2, 0.25) is 5.91 Å². The van der Waals surface area contributed by atoms with Gasteiger partial charge in [0.05, 0.1) is 6.54 Å². The fraction of sp³-hybridized carbons (Fsp3) is 0.588. The van der Waals surface area contributed by atoms with E-state index >= 15 is 0 Å². The molecule has 0 saturated carbocycles. The molecule has 0 spiro atoms. The predicted molar refractivity (Wildman–Crippen MR) is 84.7 cm³/mol. The van der Waals surface area contributed by atoms with E-state index in [0.717, 1.165) is 19.4 Å². The Morgan fingerprint density at radius 1 is 1.15 bits per heavy atom. The molecular formula is C17H28N2O. The molecule has 0 aliphatic rings. The second-order valence-electron chi connectivity index (χ2n) is 5.63. The monoisotopic (exact) mass is 276 g/mol. The molecule has 0 aliphatic carbocycles. The zero-order chi connectivity index (χ0) is 15.0. The third-order valence-corrected chi connectivity index (χ3v) is 3.42. The Morgan fingerprint density at radius 2 is 1.80 bits per heavy atom. The molecular weight excluding hydrogens is 248 g/mol. The summed E-state index contributed by atoms with van der Waals surface area (Å²) in [7, 11) is 0. The summed E-state index contributed by atoms with van der Waals surface area (Å²) in [6.45, 7) is 9.60. The van der Waals surface area contributed by atoms with Crippen molar-refractivity contribution in [2.24, 2.45) is 5.92 Å². The van der Waals surface area contributed by atoms with E-state index in [-0.39, 0.29) is 11.9 Å². The molecule has 112 valence electrons. The van der Waals surface area contributed by atoms with Gasteiger partial charge in [0.15, 0.2) is 0 Å². The number of carbonyl (C=O) groups is 1. The number of hydrogen-bond acceptors (Lipinski definition) is 2. The summed E-state index contributed by atoms with van der Waals surface area (Å²) in [5.74, 6) is 0.560. The number of hydrogen-bond donors (Lipinski definition) is 2. The molecule has 0 aliphatic heterocycles. The van der Waals surface area contributed by atoms with E-state index in [9.17, 15) is 4.79 Å². The Balaban J connectivity index is 2.47. The van der Waals surface area contributed by atoms with Gasteiger partial charge >= 0.3 is 0 Å². The normalized spacial score (nSPS) is 12.4. The number of nitrogens with one attached hydrogen (secondary N) is 2. The molecule has 0 heterocycles. The van der Waals surface area contributed by atoms with Crippen molar-refractivity contribution in [3.05, 3.63) is 35.4 Å². The summed E-state index contributed by atoms with van der Waals surface area (Å²) in [6.07, 6.45) is 2.03. The Labute approximate surface area is 123 Å². The third-order valence-electron chi connectivity index (χ3n) is 3.42. The molecule has 0 fully saturated rings. The van der Waals surface area contributed by atoms with E-state index in [2.05, 4.69) is 62.6 Å². The lowest BCUT2D eigenvalue weighted by Gasteiger charge is -2.18. The first kappa shape index (κ1) is 16.7. The van der Waals surface area contributed by atoms with Crippen molar-refractivity contribution in [1.29, 1.82) is 0 Å². The minimum atomic E-state index is 0.0716. The van der Waals surface area contributed by atoms with Gasteiger partial charge in [0, 0.05) is 12.6 Å². The van der Waals surface area contributed by atoms with Crippen molar-refractivity contribution in [3.63, 3.8) is 0 Å². The van der Waals surface area contributed by atoms with Gasteiger partial charge in [-0.25, -0.2) is 0 Å². The minimum Gasteiger partial charge on any atom is -0.355 e. The molecule has 2 N–H and O–H groups in total. The molecule has 0 saturated heterocycles. The van der Waals surface area contributed by atoms with E-state index in [1.807, 2.05) is 0 Å². The average molecular weight is 276 g/mol. The van der Waals surface area contributed by atoms with Gasteiger partial charge in [-0.15, -0.1) is 0 Å². The smallest absolute Gasteiger partial charge is 0.233 e. The first-order chi connectivity index (χ1) is 9.56. The van der Waals surface area contributed by atoms with Gasteiger partial charge in [0.1, 0.15) is 0 Å². The van der Waals surface area contributed by atoms with E-state index in [0.29, 0.717) is 12.5 Å². The number of benzene rings is 1. The second kappa shape index (κ2) is 8.75. The highest BCUT2D eigenvalue weighted by Crippen LogP contribution is 2.17. The van der Waals surface area contributed by atoms with Crippen LogP contribution in [0.4, 0.5) is 0 Å². The van der Waals surface area contributed by atoms with E-state index in [1.54, 1.807) is 0 Å². The van der Waals surface area contributed by atoms with Crippen LogP contribution in [0, 0.1) is 5.92 Å². The molecule has 1 rings (SSSR count). The van der Waals surface area contributed by atoms with Crippen LogP contribution in [0.1, 0.15) is 51.3 Å². The summed E-state index contributed by atoms with van der Waals surface area (Å²) in [5.41, 5.74) is 2.60. The van der Waals surface area contributed by atoms with Crippen LogP contribution in [0.25, 0.3) is 0 Å². The standard InChI is InChI=1S/C17H28N2O/c1-5-14-7-9-15(10-8-14)16(6-2)18-12-17(20)19-11-13(3)4/h7-10,13,16,18H,5-6,11-12H2,1-4H3,(H,19,20). The van der Waals surface area contributed by atoms with Crippen molar-refractivity contribution >= 4 is 5.91 Å². The lowest BCUT2D eigenvalue weighted by atomic mass is 10.0. The minimum absolute atomic E-state index is 0.0716. The highest BCUT2D eigenvalue weighted by atomic mass is 16.1. The molecule has 0 bridgehead atoms. The topological polar surface area (TPSA) is 41.1 Å². The van der Waals surface area contributed by atoms with Crippen LogP contribution < -0.4 is 10.6 Å². The summed E-state index contributed by atoms with van der Waals surface area (Å²) in [4.78, 5) is 11.7. The predicted octanol–water partition coefficient (Wildman–Crippen LogP) is 3.06. The van der Waals surface area contributed by atoms with Crippen LogP contribution in [0.15, 0.2) is 24.3 Å². The van der Waals surface area contributed by atoms with Gasteiger partial charge in [-0.1, -0.05) is 52.0 Å². The molecule has 3 nitrogen and oxygen atoms in total. The van der Waals surface area contributed by atoms with Gasteiger partial charge in [-0.3, -0.25) is 4.79 Å². The SMILES string of the molecule is CCc1ccc(C(CC)NCC(=O)NCC(C)C)cc1. The van der Waals surface area contributed by atoms with Gasteiger partial charge in [-0.05, 0) is 29.9 Å². The van der Waals surface area contributed by atoms with Crippen molar-refractivity contribution in [2.75, 3.05) is 13.1 Å². The molecule has 3 heteroatoms. The lowest BCUT2D eigenvalue weighted by molar-refractivity contribution is -0.120. The molecule has 1 aromatic rings. The Hall–Kier alpha value is -1.35. The molecule has 20 heavy (non-hydrogen) atoms. The molecule has 1 unspecified atom stereocenters. The zero-order valence-corrected chi connectivity index (χ0v) is 13.2. The van der Waals surface area contributed by atoms with Gasteiger partial charge in [-0.2, -0.15) is 0 Å². The van der Waals surface area contributed by atoms with E-state index in [1.165, 1.54) is 11.1 Å². The average Bonchev–Trinajstić information content (AvgIpc) is 2.46. The first-order valence-electron chi connectivity index (χ1n) is 7.65. The Bertz CT molecular complexity index is 398. The van der Waals surface area contributed by atoms with E-state index < -0.39 is 0 Å². The molecule has 1 amide bonds. The molecule has 1 atom stereocenters. The first-order valence-corrected chi connectivity index (χ1v) is 7.65. The number of aryl methyl sites for hydroxylation is 1. The zero-order valence-electron chi connectivity index (χ0n) is 13.2. The van der Waals surface area contributed by atoms with Crippen molar-refractivity contribution in [2.45, 2.75) is 46.6 Å². The summed E-state index contributed by atoms with van der Waals surface area (Å²) in [6, 6.07) is 8.89. The van der Waals surface area contributed by atoms with Gasteiger partial charge < -0.3 is 10.6 Å². The highest BCUT2D eigenvalue weighted by molar-refractivity contribution is 5.78. The molecule has 1 aromatic carbocycles. The van der Waals surface area contributed by atoms with Crippen LogP contribution in [0.2, 0.25) is 0 Å². The fourth-order valence-electron chi connectivity index (χ4n) is 2.08. The van der Waals surface area contributed by atoms with Crippen molar-refractivity contribution in [1.82, 2.24) is 10.6 Å². The maximum atomic E-state index is 11.7. The third kappa shape index (κ3) is 5.74. The summed E-state index contributed by atoms with van der Waals surface area (Å²) in [5, 5.41) is 6.26. The maximum absolute atomic E-state index is 11.7. The maximum Gasteiger partial charge on any atom is 0.233 e. The van der Waals surface area contributed by atoms with Crippen LogP contribution in [-0.4, -0.2) is 19.0 Å². The second-order valence-corrected chi connectivity index (χ2v) is 5.63. The molecule has 0 radical (unpaired) electrons.